The van der Waals surface area contributed by atoms with Gasteiger partial charge in [0.2, 0.25) is 0 Å². The van der Waals surface area contributed by atoms with Crippen LogP contribution in [0, 0.1) is 0 Å². The average Bonchev–Trinajstić information content (AvgIpc) is 3.69. The fourth-order valence-corrected chi connectivity index (χ4v) is 8.65. The number of hydrogen-bond acceptors (Lipinski definition) is 1. The molecule has 0 aliphatic carbocycles. The molecule has 0 amide bonds. The number of aromatic nitrogens is 1. The molecule has 10 aromatic rings. The van der Waals surface area contributed by atoms with Gasteiger partial charge >= 0.3 is 0 Å². The van der Waals surface area contributed by atoms with Crippen LogP contribution in [0.15, 0.2) is 176 Å². The number of rotatable bonds is 4. The Bertz CT molecular complexity index is 2840. The van der Waals surface area contributed by atoms with Crippen molar-refractivity contribution in [2.45, 2.75) is 0 Å². The van der Waals surface area contributed by atoms with Gasteiger partial charge in [0.25, 0.3) is 0 Å². The first kappa shape index (κ1) is 27.2. The van der Waals surface area contributed by atoms with Gasteiger partial charge in [-0.25, -0.2) is 0 Å². The minimum absolute atomic E-state index is 1.18. The topological polar surface area (TPSA) is 4.93 Å². The maximum absolute atomic E-state index is 2.45. The maximum atomic E-state index is 2.45. The Balaban J connectivity index is 1.14. The van der Waals surface area contributed by atoms with Gasteiger partial charge in [0.05, 0.1) is 16.7 Å². The lowest BCUT2D eigenvalue weighted by Crippen LogP contribution is -1.97. The normalized spacial score (nSPS) is 11.8. The van der Waals surface area contributed by atoms with Gasteiger partial charge in [-0.05, 0) is 87.1 Å². The molecule has 0 saturated heterocycles. The van der Waals surface area contributed by atoms with Crippen molar-refractivity contribution in [1.82, 2.24) is 4.57 Å². The molecule has 1 nitrogen and oxygen atoms in total. The molecule has 0 bridgehead atoms. The third-order valence-corrected chi connectivity index (χ3v) is 11.0. The predicted molar refractivity (Wildman–Crippen MR) is 207 cm³/mol. The quantitative estimate of drug-likeness (QED) is 0.183. The molecule has 0 aliphatic rings. The third kappa shape index (κ3) is 4.24. The minimum Gasteiger partial charge on any atom is -0.309 e. The highest BCUT2D eigenvalue weighted by molar-refractivity contribution is 7.25. The Morgan fingerprint density at radius 3 is 1.90 bits per heavy atom. The van der Waals surface area contributed by atoms with Gasteiger partial charge in [-0.15, -0.1) is 11.3 Å². The van der Waals surface area contributed by atoms with Crippen LogP contribution in [-0.2, 0) is 0 Å². The molecular formula is C46H29NS. The van der Waals surface area contributed by atoms with Gasteiger partial charge in [-0.3, -0.25) is 0 Å². The van der Waals surface area contributed by atoms with Crippen LogP contribution in [0.4, 0.5) is 0 Å². The molecular weight excluding hydrogens is 599 g/mol. The summed E-state index contributed by atoms with van der Waals surface area (Å²) >= 11 is 1.86. The summed E-state index contributed by atoms with van der Waals surface area (Å²) in [6, 6.07) is 64.5. The second-order valence-electron chi connectivity index (χ2n) is 12.5. The first-order chi connectivity index (χ1) is 23.8. The van der Waals surface area contributed by atoms with Crippen LogP contribution in [0.3, 0.4) is 0 Å². The fraction of sp³-hybridized carbons (Fsp3) is 0. The van der Waals surface area contributed by atoms with Crippen molar-refractivity contribution in [2.75, 3.05) is 0 Å². The third-order valence-electron chi connectivity index (χ3n) is 9.80. The lowest BCUT2D eigenvalue weighted by atomic mass is 9.96. The number of para-hydroxylation sites is 2. The average molecular weight is 628 g/mol. The van der Waals surface area contributed by atoms with E-state index >= 15 is 0 Å². The van der Waals surface area contributed by atoms with E-state index in [-0.39, 0.29) is 0 Å². The SMILES string of the molecule is c1cc(-c2ccc3sc4ccccc4c3c2)cc(-c2ccccc2-n2c3ccccc3c3cc(-c4cccc5ccccc45)ccc32)c1. The molecule has 0 spiro atoms. The largest absolute Gasteiger partial charge is 0.309 e. The second-order valence-corrected chi connectivity index (χ2v) is 13.6. The van der Waals surface area contributed by atoms with Crippen molar-refractivity contribution in [3.05, 3.63) is 176 Å². The molecule has 0 N–H and O–H groups in total. The summed E-state index contributed by atoms with van der Waals surface area (Å²) in [6.45, 7) is 0. The lowest BCUT2D eigenvalue weighted by molar-refractivity contribution is 1.18. The van der Waals surface area contributed by atoms with Crippen LogP contribution in [0.25, 0.3) is 91.8 Å². The zero-order valence-electron chi connectivity index (χ0n) is 26.1. The van der Waals surface area contributed by atoms with E-state index in [1.807, 2.05) is 11.3 Å². The Labute approximate surface area is 282 Å². The van der Waals surface area contributed by atoms with Crippen molar-refractivity contribution in [3.63, 3.8) is 0 Å². The van der Waals surface area contributed by atoms with E-state index in [2.05, 4.69) is 180 Å². The lowest BCUT2D eigenvalue weighted by Gasteiger charge is -2.15. The summed E-state index contributed by atoms with van der Waals surface area (Å²) < 4.78 is 5.11. The molecule has 224 valence electrons. The van der Waals surface area contributed by atoms with Crippen LogP contribution in [0.5, 0.6) is 0 Å². The predicted octanol–water partition coefficient (Wildman–Crippen LogP) is 13.3. The first-order valence-electron chi connectivity index (χ1n) is 16.4. The highest BCUT2D eigenvalue weighted by Crippen LogP contribution is 2.41. The maximum Gasteiger partial charge on any atom is 0.0541 e. The molecule has 2 heteroatoms. The highest BCUT2D eigenvalue weighted by atomic mass is 32.1. The number of nitrogens with zero attached hydrogens (tertiary/aromatic N) is 1. The van der Waals surface area contributed by atoms with Crippen molar-refractivity contribution in [1.29, 1.82) is 0 Å². The molecule has 0 unspecified atom stereocenters. The van der Waals surface area contributed by atoms with E-state index in [0.29, 0.717) is 0 Å². The summed E-state index contributed by atoms with van der Waals surface area (Å²) in [5, 5.41) is 7.71. The van der Waals surface area contributed by atoms with Gasteiger partial charge in [0.15, 0.2) is 0 Å². The van der Waals surface area contributed by atoms with E-state index in [9.17, 15) is 0 Å². The zero-order chi connectivity index (χ0) is 31.6. The molecule has 2 heterocycles. The van der Waals surface area contributed by atoms with Crippen LogP contribution in [0.1, 0.15) is 0 Å². The number of thiophene rings is 1. The molecule has 0 radical (unpaired) electrons. The van der Waals surface area contributed by atoms with E-state index in [0.717, 1.165) is 0 Å². The molecule has 0 fully saturated rings. The van der Waals surface area contributed by atoms with Crippen molar-refractivity contribution in [3.8, 4) is 39.1 Å². The second kappa shape index (κ2) is 10.8. The van der Waals surface area contributed by atoms with Gasteiger partial charge in [0, 0.05) is 36.5 Å². The van der Waals surface area contributed by atoms with E-state index < -0.39 is 0 Å². The molecule has 2 aromatic heterocycles. The van der Waals surface area contributed by atoms with Crippen molar-refractivity contribution < 1.29 is 0 Å². The Hall–Kier alpha value is -5.96. The highest BCUT2D eigenvalue weighted by Gasteiger charge is 2.17. The molecule has 0 atom stereocenters. The van der Waals surface area contributed by atoms with E-state index in [4.69, 9.17) is 0 Å². The van der Waals surface area contributed by atoms with Crippen LogP contribution in [0.2, 0.25) is 0 Å². The van der Waals surface area contributed by atoms with Crippen LogP contribution >= 0.6 is 11.3 Å². The van der Waals surface area contributed by atoms with Gasteiger partial charge in [0.1, 0.15) is 0 Å². The summed E-state index contributed by atoms with van der Waals surface area (Å²) in [4.78, 5) is 0. The van der Waals surface area contributed by atoms with Crippen molar-refractivity contribution in [2.24, 2.45) is 0 Å². The number of hydrogen-bond donors (Lipinski definition) is 0. The molecule has 10 rings (SSSR count). The number of benzene rings is 8. The fourth-order valence-electron chi connectivity index (χ4n) is 7.56. The zero-order valence-corrected chi connectivity index (χ0v) is 26.9. The monoisotopic (exact) mass is 627 g/mol. The van der Waals surface area contributed by atoms with E-state index in [1.54, 1.807) is 0 Å². The Morgan fingerprint density at radius 2 is 0.938 bits per heavy atom. The summed E-state index contributed by atoms with van der Waals surface area (Å²) in [5.41, 5.74) is 11.0. The Morgan fingerprint density at radius 1 is 0.333 bits per heavy atom. The smallest absolute Gasteiger partial charge is 0.0541 e. The number of fused-ring (bicyclic) bond motifs is 7. The van der Waals surface area contributed by atoms with Crippen molar-refractivity contribution >= 4 is 64.1 Å². The van der Waals surface area contributed by atoms with Gasteiger partial charge < -0.3 is 4.57 Å². The Kier molecular flexibility index (Phi) is 6.12. The van der Waals surface area contributed by atoms with Crippen LogP contribution < -0.4 is 0 Å². The van der Waals surface area contributed by atoms with E-state index in [1.165, 1.54) is 91.8 Å². The van der Waals surface area contributed by atoms with Gasteiger partial charge in [-0.1, -0.05) is 127 Å². The van der Waals surface area contributed by atoms with Gasteiger partial charge in [-0.2, -0.15) is 0 Å². The molecule has 48 heavy (non-hydrogen) atoms. The summed E-state index contributed by atoms with van der Waals surface area (Å²) in [5.74, 6) is 0. The molecule has 0 aliphatic heterocycles. The standard InChI is InChI=1S/C46H29NS/c1-2-15-35-30(11-1)12-10-19-36(35)34-23-25-44-40(29-34)38-17-4-7-21-43(38)47(44)42-20-6-3-16-37(42)33-14-9-13-31(27-33)32-24-26-46-41(28-32)39-18-5-8-22-45(39)48-46/h1-29H. The first-order valence-corrected chi connectivity index (χ1v) is 17.2. The summed E-state index contributed by atoms with van der Waals surface area (Å²) in [7, 11) is 0. The minimum atomic E-state index is 1.18. The van der Waals surface area contributed by atoms with Crippen LogP contribution in [-0.4, -0.2) is 4.57 Å². The molecule has 8 aromatic carbocycles. The molecule has 0 saturated carbocycles. The summed E-state index contributed by atoms with van der Waals surface area (Å²) in [6.07, 6.45) is 0.